The Kier molecular flexibility index (Phi) is 4.47. The molecule has 0 saturated carbocycles. The molecule has 124 valence electrons. The van der Waals surface area contributed by atoms with Crippen molar-refractivity contribution in [2.24, 2.45) is 0 Å². The molecule has 0 aromatic carbocycles. The molecule has 1 saturated heterocycles. The molecule has 1 fully saturated rings. The zero-order valence-corrected chi connectivity index (χ0v) is 13.7. The monoisotopic (exact) mass is 325 g/mol. The summed E-state index contributed by atoms with van der Waals surface area (Å²) < 4.78 is 5.23. The second kappa shape index (κ2) is 6.71. The number of nitriles is 1. The fourth-order valence-electron chi connectivity index (χ4n) is 2.93. The SMILES string of the molecule is Cc1nnc(N2CCC[C@H]2C(=O)NCc2ccco2)c(C#N)c1C. The van der Waals surface area contributed by atoms with E-state index in [1.807, 2.05) is 24.8 Å². The Morgan fingerprint density at radius 3 is 3.04 bits per heavy atom. The number of amides is 1. The van der Waals surface area contributed by atoms with E-state index in [-0.39, 0.29) is 11.9 Å². The number of furan rings is 1. The molecular formula is C17H19N5O2. The van der Waals surface area contributed by atoms with E-state index in [1.54, 1.807) is 12.3 Å². The van der Waals surface area contributed by atoms with Crippen molar-refractivity contribution in [2.75, 3.05) is 11.4 Å². The Hall–Kier alpha value is -2.88. The van der Waals surface area contributed by atoms with Gasteiger partial charge in [-0.25, -0.2) is 0 Å². The van der Waals surface area contributed by atoms with E-state index in [4.69, 9.17) is 4.42 Å². The van der Waals surface area contributed by atoms with Gasteiger partial charge in [-0.1, -0.05) is 0 Å². The Morgan fingerprint density at radius 1 is 1.50 bits per heavy atom. The first-order valence-corrected chi connectivity index (χ1v) is 7.92. The van der Waals surface area contributed by atoms with Crippen molar-refractivity contribution in [3.63, 3.8) is 0 Å². The third-order valence-electron chi connectivity index (χ3n) is 4.39. The summed E-state index contributed by atoms with van der Waals surface area (Å²) in [6.45, 7) is 4.71. The number of carbonyl (C=O) groups excluding carboxylic acids is 1. The van der Waals surface area contributed by atoms with Gasteiger partial charge in [-0.05, 0) is 44.4 Å². The van der Waals surface area contributed by atoms with E-state index in [9.17, 15) is 10.1 Å². The quantitative estimate of drug-likeness (QED) is 0.921. The molecular weight excluding hydrogens is 306 g/mol. The Bertz CT molecular complexity index is 779. The van der Waals surface area contributed by atoms with Crippen LogP contribution in [0.5, 0.6) is 0 Å². The Labute approximate surface area is 140 Å². The summed E-state index contributed by atoms with van der Waals surface area (Å²) in [4.78, 5) is 14.4. The molecule has 24 heavy (non-hydrogen) atoms. The van der Waals surface area contributed by atoms with Gasteiger partial charge >= 0.3 is 0 Å². The molecule has 2 aromatic heterocycles. The van der Waals surface area contributed by atoms with Crippen LogP contribution in [0.1, 0.15) is 35.4 Å². The van der Waals surface area contributed by atoms with Crippen LogP contribution < -0.4 is 10.2 Å². The van der Waals surface area contributed by atoms with Gasteiger partial charge in [0.15, 0.2) is 5.82 Å². The number of aryl methyl sites for hydroxylation is 1. The van der Waals surface area contributed by atoms with Crippen molar-refractivity contribution >= 4 is 11.7 Å². The molecule has 0 aliphatic carbocycles. The fraction of sp³-hybridized carbons (Fsp3) is 0.412. The zero-order chi connectivity index (χ0) is 17.1. The number of nitrogens with one attached hydrogen (secondary N) is 1. The first kappa shape index (κ1) is 16.0. The van der Waals surface area contributed by atoms with Crippen LogP contribution >= 0.6 is 0 Å². The van der Waals surface area contributed by atoms with Gasteiger partial charge in [-0.15, -0.1) is 5.10 Å². The molecule has 1 aliphatic heterocycles. The molecule has 3 rings (SSSR count). The third-order valence-corrected chi connectivity index (χ3v) is 4.39. The lowest BCUT2D eigenvalue weighted by Gasteiger charge is -2.25. The van der Waals surface area contributed by atoms with E-state index in [1.165, 1.54) is 0 Å². The standard InChI is InChI=1S/C17H19N5O2/c1-11-12(2)20-21-16(14(11)9-18)22-7-3-6-15(22)17(23)19-10-13-5-4-8-24-13/h4-5,8,15H,3,6-7,10H2,1-2H3,(H,19,23)/t15-/m0/s1. The largest absolute Gasteiger partial charge is 0.467 e. The van der Waals surface area contributed by atoms with Crippen molar-refractivity contribution in [3.05, 3.63) is 41.0 Å². The van der Waals surface area contributed by atoms with Crippen LogP contribution in [0.15, 0.2) is 22.8 Å². The lowest BCUT2D eigenvalue weighted by molar-refractivity contribution is -0.122. The molecule has 7 heteroatoms. The molecule has 0 bridgehead atoms. The van der Waals surface area contributed by atoms with Gasteiger partial charge < -0.3 is 14.6 Å². The minimum absolute atomic E-state index is 0.0900. The van der Waals surface area contributed by atoms with Gasteiger partial charge in [0.25, 0.3) is 0 Å². The average Bonchev–Trinajstić information content (AvgIpc) is 3.26. The lowest BCUT2D eigenvalue weighted by atomic mass is 10.1. The third kappa shape index (κ3) is 2.95. The van der Waals surface area contributed by atoms with Crippen molar-refractivity contribution in [1.82, 2.24) is 15.5 Å². The van der Waals surface area contributed by atoms with Crippen molar-refractivity contribution in [3.8, 4) is 6.07 Å². The van der Waals surface area contributed by atoms with Gasteiger partial charge in [0.2, 0.25) is 5.91 Å². The second-order valence-corrected chi connectivity index (χ2v) is 5.87. The fourth-order valence-corrected chi connectivity index (χ4v) is 2.93. The lowest BCUT2D eigenvalue weighted by Crippen LogP contribution is -2.43. The summed E-state index contributed by atoms with van der Waals surface area (Å²) in [5.41, 5.74) is 2.03. The summed E-state index contributed by atoms with van der Waals surface area (Å²) >= 11 is 0. The molecule has 0 unspecified atom stereocenters. The van der Waals surface area contributed by atoms with Crippen molar-refractivity contribution in [1.29, 1.82) is 5.26 Å². The predicted molar refractivity (Wildman–Crippen MR) is 87.1 cm³/mol. The first-order chi connectivity index (χ1) is 11.6. The van der Waals surface area contributed by atoms with Crippen LogP contribution in [-0.2, 0) is 11.3 Å². The maximum atomic E-state index is 12.6. The maximum absolute atomic E-state index is 12.6. The number of rotatable bonds is 4. The highest BCUT2D eigenvalue weighted by atomic mass is 16.3. The molecule has 2 aromatic rings. The molecule has 1 aliphatic rings. The molecule has 1 atom stereocenters. The summed E-state index contributed by atoms with van der Waals surface area (Å²) in [7, 11) is 0. The maximum Gasteiger partial charge on any atom is 0.243 e. The predicted octanol–water partition coefficient (Wildman–Crippen LogP) is 1.84. The van der Waals surface area contributed by atoms with Gasteiger partial charge in [-0.3, -0.25) is 4.79 Å². The van der Waals surface area contributed by atoms with Gasteiger partial charge in [-0.2, -0.15) is 10.4 Å². The number of hydrogen-bond acceptors (Lipinski definition) is 6. The number of hydrogen-bond donors (Lipinski definition) is 1. The number of aromatic nitrogens is 2. The van der Waals surface area contributed by atoms with Crippen LogP contribution in [0.4, 0.5) is 5.82 Å². The molecule has 7 nitrogen and oxygen atoms in total. The topological polar surface area (TPSA) is 95.1 Å². The average molecular weight is 325 g/mol. The Balaban J connectivity index is 1.79. The highest BCUT2D eigenvalue weighted by molar-refractivity contribution is 5.86. The van der Waals surface area contributed by atoms with Gasteiger partial charge in [0.1, 0.15) is 23.4 Å². The van der Waals surface area contributed by atoms with Gasteiger partial charge in [0, 0.05) is 6.54 Å². The summed E-state index contributed by atoms with van der Waals surface area (Å²) in [6, 6.07) is 5.46. The zero-order valence-electron chi connectivity index (χ0n) is 13.7. The summed E-state index contributed by atoms with van der Waals surface area (Å²) in [5, 5.41) is 20.7. The van der Waals surface area contributed by atoms with Crippen LogP contribution in [-0.4, -0.2) is 28.7 Å². The number of nitrogens with zero attached hydrogens (tertiary/aromatic N) is 4. The highest BCUT2D eigenvalue weighted by Crippen LogP contribution is 2.28. The molecule has 1 amide bonds. The first-order valence-electron chi connectivity index (χ1n) is 7.92. The smallest absolute Gasteiger partial charge is 0.243 e. The van der Waals surface area contributed by atoms with Gasteiger partial charge in [0.05, 0.1) is 18.5 Å². The van der Waals surface area contributed by atoms with E-state index >= 15 is 0 Å². The van der Waals surface area contributed by atoms with E-state index in [2.05, 4.69) is 21.6 Å². The van der Waals surface area contributed by atoms with E-state index in [0.717, 1.165) is 24.1 Å². The van der Waals surface area contributed by atoms with Crippen LogP contribution in [0.2, 0.25) is 0 Å². The molecule has 0 spiro atoms. The van der Waals surface area contributed by atoms with Crippen LogP contribution in [0.3, 0.4) is 0 Å². The molecule has 3 heterocycles. The van der Waals surface area contributed by atoms with E-state index in [0.29, 0.717) is 30.2 Å². The number of carbonyl (C=O) groups is 1. The minimum Gasteiger partial charge on any atom is -0.467 e. The summed E-state index contributed by atoms with van der Waals surface area (Å²) in [5.74, 6) is 1.11. The minimum atomic E-state index is -0.344. The molecule has 0 radical (unpaired) electrons. The van der Waals surface area contributed by atoms with Crippen molar-refractivity contribution < 1.29 is 9.21 Å². The second-order valence-electron chi connectivity index (χ2n) is 5.87. The Morgan fingerprint density at radius 2 is 2.33 bits per heavy atom. The number of anilines is 1. The van der Waals surface area contributed by atoms with Crippen LogP contribution in [0.25, 0.3) is 0 Å². The van der Waals surface area contributed by atoms with E-state index < -0.39 is 0 Å². The normalized spacial score (nSPS) is 16.9. The summed E-state index contributed by atoms with van der Waals surface area (Å²) in [6.07, 6.45) is 3.18. The molecule has 1 N–H and O–H groups in total. The van der Waals surface area contributed by atoms with Crippen LogP contribution in [0, 0.1) is 25.2 Å². The highest BCUT2D eigenvalue weighted by Gasteiger charge is 2.33. The van der Waals surface area contributed by atoms with Crippen molar-refractivity contribution in [2.45, 2.75) is 39.3 Å².